The molecule has 2 rings (SSSR count). The molecule has 3 heteroatoms. The monoisotopic (exact) mass is 216 g/mol. The van der Waals surface area contributed by atoms with Gasteiger partial charge in [-0.25, -0.2) is 4.39 Å². The summed E-state index contributed by atoms with van der Waals surface area (Å²) in [6, 6.07) is 8.90. The zero-order chi connectivity index (χ0) is 11.5. The van der Waals surface area contributed by atoms with Crippen molar-refractivity contribution in [1.29, 1.82) is 0 Å². The molecule has 1 aromatic carbocycles. The summed E-state index contributed by atoms with van der Waals surface area (Å²) in [6.07, 6.45) is 1.58. The highest BCUT2D eigenvalue weighted by Crippen LogP contribution is 2.26. The topological polar surface area (TPSA) is 25.8 Å². The lowest BCUT2D eigenvalue weighted by Crippen LogP contribution is -1.97. The summed E-state index contributed by atoms with van der Waals surface area (Å²) < 4.78 is 14.1. The van der Waals surface area contributed by atoms with Crippen molar-refractivity contribution in [2.24, 2.45) is 0 Å². The second-order valence-electron chi connectivity index (χ2n) is 3.97. The Morgan fingerprint density at radius 1 is 1.12 bits per heavy atom. The molecule has 0 fully saturated rings. The van der Waals surface area contributed by atoms with Gasteiger partial charge in [-0.05, 0) is 29.7 Å². The molecule has 0 radical (unpaired) electrons. The molecule has 2 nitrogen and oxygen atoms in total. The van der Waals surface area contributed by atoms with Crippen molar-refractivity contribution in [3.05, 3.63) is 47.9 Å². The average Bonchev–Trinajstić information content (AvgIpc) is 2.30. The molecule has 0 unspecified atom stereocenters. The van der Waals surface area contributed by atoms with Crippen LogP contribution in [0.25, 0.3) is 11.3 Å². The Morgan fingerprint density at radius 2 is 1.94 bits per heavy atom. The van der Waals surface area contributed by atoms with Gasteiger partial charge in [-0.1, -0.05) is 26.0 Å². The van der Waals surface area contributed by atoms with Crippen molar-refractivity contribution < 1.29 is 4.39 Å². The summed E-state index contributed by atoms with van der Waals surface area (Å²) in [6.45, 7) is 3.94. The minimum Gasteiger partial charge on any atom is -0.206 e. The van der Waals surface area contributed by atoms with Crippen molar-refractivity contribution in [3.63, 3.8) is 0 Å². The van der Waals surface area contributed by atoms with Gasteiger partial charge in [0.1, 0.15) is 5.82 Å². The van der Waals surface area contributed by atoms with Crippen molar-refractivity contribution >= 4 is 0 Å². The maximum atomic E-state index is 14.1. The zero-order valence-corrected chi connectivity index (χ0v) is 9.31. The van der Waals surface area contributed by atoms with E-state index in [1.165, 1.54) is 0 Å². The molecule has 0 saturated heterocycles. The predicted molar refractivity (Wildman–Crippen MR) is 61.5 cm³/mol. The summed E-state index contributed by atoms with van der Waals surface area (Å²) in [5.41, 5.74) is 1.80. The molecule has 0 saturated carbocycles. The highest BCUT2D eigenvalue weighted by atomic mass is 19.1. The molecule has 0 amide bonds. The van der Waals surface area contributed by atoms with Crippen molar-refractivity contribution in [3.8, 4) is 11.3 Å². The first-order valence-corrected chi connectivity index (χ1v) is 5.26. The maximum absolute atomic E-state index is 14.1. The lowest BCUT2D eigenvalue weighted by atomic mass is 9.98. The molecule has 16 heavy (non-hydrogen) atoms. The Bertz CT molecular complexity index is 481. The van der Waals surface area contributed by atoms with Gasteiger partial charge in [0.05, 0.1) is 5.69 Å². The second kappa shape index (κ2) is 4.39. The lowest BCUT2D eigenvalue weighted by Gasteiger charge is -2.09. The van der Waals surface area contributed by atoms with E-state index in [2.05, 4.69) is 10.2 Å². The fourth-order valence-corrected chi connectivity index (χ4v) is 1.64. The summed E-state index contributed by atoms with van der Waals surface area (Å²) in [4.78, 5) is 0. The van der Waals surface area contributed by atoms with Gasteiger partial charge >= 0.3 is 0 Å². The Hall–Kier alpha value is -1.77. The number of rotatable bonds is 2. The van der Waals surface area contributed by atoms with Crippen molar-refractivity contribution in [2.45, 2.75) is 19.8 Å². The molecule has 0 bridgehead atoms. The van der Waals surface area contributed by atoms with Gasteiger partial charge in [-0.15, -0.1) is 0 Å². The SMILES string of the molecule is CC(C)c1cccc(-c2cccnn2)c1F. The molecule has 0 spiro atoms. The maximum Gasteiger partial charge on any atom is 0.136 e. The van der Waals surface area contributed by atoms with Crippen LogP contribution >= 0.6 is 0 Å². The summed E-state index contributed by atoms with van der Waals surface area (Å²) in [5.74, 6) is -0.0328. The van der Waals surface area contributed by atoms with E-state index >= 15 is 0 Å². The molecule has 1 aromatic heterocycles. The fourth-order valence-electron chi connectivity index (χ4n) is 1.64. The first-order valence-electron chi connectivity index (χ1n) is 5.26. The van der Waals surface area contributed by atoms with Gasteiger partial charge in [0.2, 0.25) is 0 Å². The van der Waals surface area contributed by atoms with Crippen LogP contribution < -0.4 is 0 Å². The predicted octanol–water partition coefficient (Wildman–Crippen LogP) is 3.41. The van der Waals surface area contributed by atoms with Gasteiger partial charge in [-0.2, -0.15) is 10.2 Å². The number of nitrogens with zero attached hydrogens (tertiary/aromatic N) is 2. The molecular weight excluding hydrogens is 203 g/mol. The highest BCUT2D eigenvalue weighted by molar-refractivity contribution is 5.60. The number of hydrogen-bond donors (Lipinski definition) is 0. The van der Waals surface area contributed by atoms with Crippen LogP contribution in [0.2, 0.25) is 0 Å². The second-order valence-corrected chi connectivity index (χ2v) is 3.97. The zero-order valence-electron chi connectivity index (χ0n) is 9.31. The molecule has 0 aliphatic carbocycles. The third kappa shape index (κ3) is 1.94. The Kier molecular flexibility index (Phi) is 2.95. The van der Waals surface area contributed by atoms with Crippen LogP contribution in [0.3, 0.4) is 0 Å². The standard InChI is InChI=1S/C13H13FN2/c1-9(2)10-5-3-6-11(13(10)14)12-7-4-8-15-16-12/h3-9H,1-2H3. The number of halogens is 1. The highest BCUT2D eigenvalue weighted by Gasteiger charge is 2.12. The summed E-state index contributed by atoms with van der Waals surface area (Å²) >= 11 is 0. The smallest absolute Gasteiger partial charge is 0.136 e. The molecule has 0 aliphatic rings. The quantitative estimate of drug-likeness (QED) is 0.768. The van der Waals surface area contributed by atoms with E-state index in [-0.39, 0.29) is 11.7 Å². The third-order valence-electron chi connectivity index (χ3n) is 2.50. The van der Waals surface area contributed by atoms with Crippen LogP contribution in [-0.4, -0.2) is 10.2 Å². The minimum absolute atomic E-state index is 0.164. The van der Waals surface area contributed by atoms with E-state index < -0.39 is 0 Å². The van der Waals surface area contributed by atoms with Crippen LogP contribution in [0.1, 0.15) is 25.3 Å². The summed E-state index contributed by atoms with van der Waals surface area (Å²) in [5, 5.41) is 7.68. The van der Waals surface area contributed by atoms with Crippen LogP contribution in [0, 0.1) is 5.82 Å². The van der Waals surface area contributed by atoms with Crippen molar-refractivity contribution in [1.82, 2.24) is 10.2 Å². The van der Waals surface area contributed by atoms with Gasteiger partial charge in [0.15, 0.2) is 0 Å². The van der Waals surface area contributed by atoms with Gasteiger partial charge < -0.3 is 0 Å². The molecular formula is C13H13FN2. The Balaban J connectivity index is 2.55. The van der Waals surface area contributed by atoms with E-state index in [1.807, 2.05) is 19.9 Å². The van der Waals surface area contributed by atoms with Crippen LogP contribution in [0.4, 0.5) is 4.39 Å². The van der Waals surface area contributed by atoms with E-state index in [0.29, 0.717) is 16.8 Å². The van der Waals surface area contributed by atoms with E-state index in [4.69, 9.17) is 0 Å². The largest absolute Gasteiger partial charge is 0.206 e. The Morgan fingerprint density at radius 3 is 2.56 bits per heavy atom. The van der Waals surface area contributed by atoms with Crippen LogP contribution in [-0.2, 0) is 0 Å². The Labute approximate surface area is 94.2 Å². The number of benzene rings is 1. The van der Waals surface area contributed by atoms with Gasteiger partial charge in [0.25, 0.3) is 0 Å². The van der Waals surface area contributed by atoms with Crippen LogP contribution in [0.5, 0.6) is 0 Å². The molecule has 82 valence electrons. The molecule has 0 aliphatic heterocycles. The minimum atomic E-state index is -0.196. The first-order chi connectivity index (χ1) is 7.70. The van der Waals surface area contributed by atoms with Crippen molar-refractivity contribution in [2.75, 3.05) is 0 Å². The van der Waals surface area contributed by atoms with E-state index in [0.717, 1.165) is 0 Å². The first kappa shape index (κ1) is 10.7. The third-order valence-corrected chi connectivity index (χ3v) is 2.50. The average molecular weight is 216 g/mol. The number of hydrogen-bond acceptors (Lipinski definition) is 2. The van der Waals surface area contributed by atoms with Gasteiger partial charge in [0, 0.05) is 11.8 Å². The summed E-state index contributed by atoms with van der Waals surface area (Å²) in [7, 11) is 0. The van der Waals surface area contributed by atoms with E-state index in [9.17, 15) is 4.39 Å². The molecule has 0 atom stereocenters. The van der Waals surface area contributed by atoms with Crippen LogP contribution in [0.15, 0.2) is 36.5 Å². The fraction of sp³-hybridized carbons (Fsp3) is 0.231. The molecule has 0 N–H and O–H groups in total. The molecule has 2 aromatic rings. The van der Waals surface area contributed by atoms with E-state index in [1.54, 1.807) is 30.5 Å². The van der Waals surface area contributed by atoms with Gasteiger partial charge in [-0.3, -0.25) is 0 Å². The number of aromatic nitrogens is 2. The normalized spacial score (nSPS) is 10.8. The molecule has 1 heterocycles. The lowest BCUT2D eigenvalue weighted by molar-refractivity contribution is 0.601.